The molecule has 2 aromatic carbocycles. The molecule has 0 saturated heterocycles. The lowest BCUT2D eigenvalue weighted by Gasteiger charge is -2.15. The first kappa shape index (κ1) is 19.4. The number of ether oxygens (including phenoxy) is 2. The number of benzene rings is 2. The maximum absolute atomic E-state index is 12.9. The van der Waals surface area contributed by atoms with E-state index < -0.39 is 18.0 Å². The van der Waals surface area contributed by atoms with Crippen molar-refractivity contribution in [3.05, 3.63) is 59.9 Å². The third-order valence-electron chi connectivity index (χ3n) is 3.65. The minimum atomic E-state index is -0.939. The standard InChI is InChI=1S/C20H22FNO4/c1-3-25-18-7-5-4-6-17(18)22-20(24)14(2)26-19(23)13-10-15-8-11-16(21)12-9-15/h4-9,11-12,14H,3,10,13H2,1-2H3,(H,22,24). The maximum Gasteiger partial charge on any atom is 0.306 e. The lowest BCUT2D eigenvalue weighted by Crippen LogP contribution is -2.30. The summed E-state index contributed by atoms with van der Waals surface area (Å²) in [5.74, 6) is -0.700. The Morgan fingerprint density at radius 3 is 2.50 bits per heavy atom. The summed E-state index contributed by atoms with van der Waals surface area (Å²) in [5.41, 5.74) is 1.35. The van der Waals surface area contributed by atoms with Crippen molar-refractivity contribution in [2.75, 3.05) is 11.9 Å². The summed E-state index contributed by atoms with van der Waals surface area (Å²) in [7, 11) is 0. The second kappa shape index (κ2) is 9.56. The van der Waals surface area contributed by atoms with E-state index in [2.05, 4.69) is 5.32 Å². The number of amides is 1. The van der Waals surface area contributed by atoms with Crippen molar-refractivity contribution in [3.8, 4) is 5.75 Å². The van der Waals surface area contributed by atoms with Crippen LogP contribution in [0.15, 0.2) is 48.5 Å². The minimum Gasteiger partial charge on any atom is -0.492 e. The number of hydrogen-bond acceptors (Lipinski definition) is 4. The van der Waals surface area contributed by atoms with Gasteiger partial charge in [-0.2, -0.15) is 0 Å². The van der Waals surface area contributed by atoms with Gasteiger partial charge in [0.2, 0.25) is 0 Å². The van der Waals surface area contributed by atoms with Gasteiger partial charge in [0.25, 0.3) is 5.91 Å². The van der Waals surface area contributed by atoms with E-state index in [0.717, 1.165) is 5.56 Å². The van der Waals surface area contributed by atoms with E-state index in [-0.39, 0.29) is 12.2 Å². The molecule has 0 fully saturated rings. The first-order valence-corrected chi connectivity index (χ1v) is 8.46. The first-order valence-electron chi connectivity index (χ1n) is 8.46. The fourth-order valence-electron chi connectivity index (χ4n) is 2.29. The van der Waals surface area contributed by atoms with E-state index in [1.165, 1.54) is 19.1 Å². The fraction of sp³-hybridized carbons (Fsp3) is 0.300. The van der Waals surface area contributed by atoms with Gasteiger partial charge < -0.3 is 14.8 Å². The van der Waals surface area contributed by atoms with Crippen LogP contribution in [0.25, 0.3) is 0 Å². The molecule has 138 valence electrons. The molecule has 0 aliphatic rings. The van der Waals surface area contributed by atoms with Crippen LogP contribution in [0.2, 0.25) is 0 Å². The summed E-state index contributed by atoms with van der Waals surface area (Å²) in [6.45, 7) is 3.83. The Morgan fingerprint density at radius 1 is 1.12 bits per heavy atom. The van der Waals surface area contributed by atoms with E-state index in [9.17, 15) is 14.0 Å². The first-order chi connectivity index (χ1) is 12.5. The van der Waals surface area contributed by atoms with Gasteiger partial charge in [-0.3, -0.25) is 9.59 Å². The largest absolute Gasteiger partial charge is 0.492 e. The molecule has 1 N–H and O–H groups in total. The highest BCUT2D eigenvalue weighted by Gasteiger charge is 2.19. The summed E-state index contributed by atoms with van der Waals surface area (Å²) in [6.07, 6.45) is -0.412. The van der Waals surface area contributed by atoms with Gasteiger partial charge in [-0.1, -0.05) is 24.3 Å². The number of carbonyl (C=O) groups excluding carboxylic acids is 2. The number of nitrogens with one attached hydrogen (secondary N) is 1. The van der Waals surface area contributed by atoms with Gasteiger partial charge >= 0.3 is 5.97 Å². The second-order valence-corrected chi connectivity index (χ2v) is 5.68. The number of anilines is 1. The Labute approximate surface area is 152 Å². The van der Waals surface area contributed by atoms with Gasteiger partial charge in [-0.05, 0) is 50.1 Å². The SMILES string of the molecule is CCOc1ccccc1NC(=O)C(C)OC(=O)CCc1ccc(F)cc1. The molecule has 0 aromatic heterocycles. The smallest absolute Gasteiger partial charge is 0.306 e. The fourth-order valence-corrected chi connectivity index (χ4v) is 2.29. The number of rotatable bonds is 8. The molecule has 0 bridgehead atoms. The molecule has 1 atom stereocenters. The molecule has 2 aromatic rings. The van der Waals surface area contributed by atoms with Gasteiger partial charge in [0, 0.05) is 6.42 Å². The molecule has 26 heavy (non-hydrogen) atoms. The van der Waals surface area contributed by atoms with Crippen LogP contribution in [-0.2, 0) is 20.7 Å². The van der Waals surface area contributed by atoms with E-state index in [1.54, 1.807) is 36.4 Å². The zero-order valence-electron chi connectivity index (χ0n) is 14.8. The highest BCUT2D eigenvalue weighted by atomic mass is 19.1. The number of halogens is 1. The summed E-state index contributed by atoms with van der Waals surface area (Å²) in [4.78, 5) is 24.1. The average molecular weight is 359 g/mol. The normalized spacial score (nSPS) is 11.5. The molecular weight excluding hydrogens is 337 g/mol. The van der Waals surface area contributed by atoms with Crippen molar-refractivity contribution in [2.24, 2.45) is 0 Å². The molecule has 0 aliphatic carbocycles. The van der Waals surface area contributed by atoms with Crippen molar-refractivity contribution in [1.82, 2.24) is 0 Å². The molecule has 0 saturated carbocycles. The van der Waals surface area contributed by atoms with E-state index in [1.807, 2.05) is 6.92 Å². The molecule has 5 nitrogen and oxygen atoms in total. The topological polar surface area (TPSA) is 64.6 Å². The van der Waals surface area contributed by atoms with Crippen molar-refractivity contribution in [3.63, 3.8) is 0 Å². The van der Waals surface area contributed by atoms with Crippen LogP contribution in [0.3, 0.4) is 0 Å². The van der Waals surface area contributed by atoms with E-state index in [0.29, 0.717) is 24.5 Å². The summed E-state index contributed by atoms with van der Waals surface area (Å²) >= 11 is 0. The van der Waals surface area contributed by atoms with Crippen LogP contribution in [0.1, 0.15) is 25.8 Å². The second-order valence-electron chi connectivity index (χ2n) is 5.68. The van der Waals surface area contributed by atoms with Gasteiger partial charge in [-0.25, -0.2) is 4.39 Å². The lowest BCUT2D eigenvalue weighted by molar-refractivity contribution is -0.153. The monoisotopic (exact) mass is 359 g/mol. The highest BCUT2D eigenvalue weighted by Crippen LogP contribution is 2.23. The van der Waals surface area contributed by atoms with Gasteiger partial charge in [0.05, 0.1) is 12.3 Å². The van der Waals surface area contributed by atoms with Crippen LogP contribution in [0.4, 0.5) is 10.1 Å². The number of carbonyl (C=O) groups is 2. The number of hydrogen-bond donors (Lipinski definition) is 1. The Morgan fingerprint density at radius 2 is 1.81 bits per heavy atom. The summed E-state index contributed by atoms with van der Waals surface area (Å²) < 4.78 is 23.5. The molecule has 0 heterocycles. The molecule has 0 aliphatic heterocycles. The quantitative estimate of drug-likeness (QED) is 0.730. The predicted molar refractivity (Wildman–Crippen MR) is 96.5 cm³/mol. The van der Waals surface area contributed by atoms with Crippen LogP contribution in [-0.4, -0.2) is 24.6 Å². The van der Waals surface area contributed by atoms with Gasteiger partial charge in [0.15, 0.2) is 6.10 Å². The Kier molecular flexibility index (Phi) is 7.14. The van der Waals surface area contributed by atoms with Gasteiger partial charge in [0.1, 0.15) is 11.6 Å². The van der Waals surface area contributed by atoms with Crippen LogP contribution in [0, 0.1) is 5.82 Å². The molecular formula is C20H22FNO4. The molecule has 1 unspecified atom stereocenters. The minimum absolute atomic E-state index is 0.110. The molecule has 0 radical (unpaired) electrons. The Bertz CT molecular complexity index is 746. The van der Waals surface area contributed by atoms with Crippen molar-refractivity contribution < 1.29 is 23.5 Å². The average Bonchev–Trinajstić information content (AvgIpc) is 2.63. The van der Waals surface area contributed by atoms with Crippen LogP contribution in [0.5, 0.6) is 5.75 Å². The predicted octanol–water partition coefficient (Wildman–Crippen LogP) is 3.73. The van der Waals surface area contributed by atoms with Crippen molar-refractivity contribution in [1.29, 1.82) is 0 Å². The number of para-hydroxylation sites is 2. The maximum atomic E-state index is 12.9. The Hall–Kier alpha value is -2.89. The number of aryl methyl sites for hydroxylation is 1. The van der Waals surface area contributed by atoms with Gasteiger partial charge in [-0.15, -0.1) is 0 Å². The molecule has 0 spiro atoms. The molecule has 2 rings (SSSR count). The summed E-state index contributed by atoms with van der Waals surface area (Å²) in [5, 5.41) is 2.70. The zero-order chi connectivity index (χ0) is 18.9. The lowest BCUT2D eigenvalue weighted by atomic mass is 10.1. The van der Waals surface area contributed by atoms with Crippen molar-refractivity contribution in [2.45, 2.75) is 32.8 Å². The third kappa shape index (κ3) is 5.88. The molecule has 6 heteroatoms. The van der Waals surface area contributed by atoms with E-state index >= 15 is 0 Å². The van der Waals surface area contributed by atoms with Crippen molar-refractivity contribution >= 4 is 17.6 Å². The number of esters is 1. The van der Waals surface area contributed by atoms with Crippen LogP contribution >= 0.6 is 0 Å². The Balaban J connectivity index is 1.84. The molecule has 1 amide bonds. The van der Waals surface area contributed by atoms with Crippen LogP contribution < -0.4 is 10.1 Å². The highest BCUT2D eigenvalue weighted by molar-refractivity contribution is 5.96. The zero-order valence-corrected chi connectivity index (χ0v) is 14.8. The van der Waals surface area contributed by atoms with E-state index in [4.69, 9.17) is 9.47 Å². The third-order valence-corrected chi connectivity index (χ3v) is 3.65. The summed E-state index contributed by atoms with van der Waals surface area (Å²) in [6, 6.07) is 13.0.